The van der Waals surface area contributed by atoms with Gasteiger partial charge in [0, 0.05) is 0 Å². The van der Waals surface area contributed by atoms with Crippen molar-refractivity contribution < 1.29 is 4.74 Å². The third kappa shape index (κ3) is 1.35. The molecule has 0 aliphatic carbocycles. The molecule has 1 aliphatic heterocycles. The molecule has 1 nitrogen and oxygen atoms in total. The minimum atomic E-state index is 0.984. The summed E-state index contributed by atoms with van der Waals surface area (Å²) in [6.07, 6.45) is 0. The maximum atomic E-state index is 5.85. The summed E-state index contributed by atoms with van der Waals surface area (Å²) in [6.45, 7) is 0. The van der Waals surface area contributed by atoms with Crippen LogP contribution in [0.3, 0.4) is 0 Å². The van der Waals surface area contributed by atoms with Crippen LogP contribution in [0, 0.1) is 0 Å². The zero-order chi connectivity index (χ0) is 10.3. The van der Waals surface area contributed by atoms with E-state index in [0.29, 0.717) is 0 Å². The third-order valence-electron chi connectivity index (χ3n) is 2.64. The van der Waals surface area contributed by atoms with Crippen molar-refractivity contribution in [2.24, 2.45) is 0 Å². The van der Waals surface area contributed by atoms with Gasteiger partial charge in [0.25, 0.3) is 0 Å². The van der Waals surface area contributed by atoms with Gasteiger partial charge in [-0.3, -0.25) is 0 Å². The molecule has 0 amide bonds. The van der Waals surface area contributed by atoms with E-state index in [1.54, 1.807) is 0 Å². The molecule has 0 fully saturated rings. The van der Waals surface area contributed by atoms with E-state index in [1.807, 2.05) is 24.3 Å². The summed E-state index contributed by atoms with van der Waals surface area (Å²) >= 11 is 1.15. The van der Waals surface area contributed by atoms with Gasteiger partial charge < -0.3 is 0 Å². The summed E-state index contributed by atoms with van der Waals surface area (Å²) in [6, 6.07) is 16.5. The molecular weight excluding hydrogens is 245 g/mol. The van der Waals surface area contributed by atoms with E-state index >= 15 is 0 Å². The van der Waals surface area contributed by atoms with Crippen molar-refractivity contribution >= 4 is 20.4 Å². The molecule has 0 N–H and O–H groups in total. The summed E-state index contributed by atoms with van der Waals surface area (Å²) in [5.74, 6) is 1.97. The molecule has 2 heteroatoms. The molecule has 0 bridgehead atoms. The SMILES string of the molecule is [GeH2]=[C]1c2ccccc2Oc2ccccc21. The third-order valence-corrected chi connectivity index (χ3v) is 4.24. The second kappa shape index (κ2) is 3.35. The fourth-order valence-corrected chi connectivity index (χ4v) is 3.10. The van der Waals surface area contributed by atoms with Gasteiger partial charge in [-0.15, -0.1) is 0 Å². The van der Waals surface area contributed by atoms with E-state index in [0.717, 1.165) is 27.6 Å². The average Bonchev–Trinajstić information content (AvgIpc) is 2.30. The normalized spacial score (nSPS) is 12.7. The van der Waals surface area contributed by atoms with E-state index in [4.69, 9.17) is 4.74 Å². The number of ether oxygens (including phenoxy) is 1. The standard InChI is InChI=1S/C13H10GeO/c14-13-9-5-1-3-7-11(9)15-12-8-4-2-6-10(12)13/h1-8H,14H2. The number of rotatable bonds is 0. The molecule has 1 heterocycles. The first-order chi connectivity index (χ1) is 7.36. The van der Waals surface area contributed by atoms with E-state index in [1.165, 1.54) is 15.5 Å². The number of fused-ring (bicyclic) bond motifs is 2. The molecule has 3 rings (SSSR count). The second-order valence-electron chi connectivity index (χ2n) is 3.57. The topological polar surface area (TPSA) is 9.23 Å². The Hall–Kier alpha value is -1.35. The Morgan fingerprint density at radius 1 is 0.733 bits per heavy atom. The summed E-state index contributed by atoms with van der Waals surface area (Å²) < 4.78 is 7.26. The van der Waals surface area contributed by atoms with Gasteiger partial charge in [-0.1, -0.05) is 0 Å². The van der Waals surface area contributed by atoms with Gasteiger partial charge >= 0.3 is 96.3 Å². The van der Waals surface area contributed by atoms with E-state index in [-0.39, 0.29) is 0 Å². The van der Waals surface area contributed by atoms with Crippen molar-refractivity contribution in [1.29, 1.82) is 0 Å². The van der Waals surface area contributed by atoms with Crippen LogP contribution in [0.2, 0.25) is 0 Å². The molecule has 0 atom stereocenters. The first kappa shape index (κ1) is 8.92. The Kier molecular flexibility index (Phi) is 1.99. The minimum absolute atomic E-state index is 0.984. The summed E-state index contributed by atoms with van der Waals surface area (Å²) in [5.41, 5.74) is 2.49. The van der Waals surface area contributed by atoms with Crippen LogP contribution in [0.25, 0.3) is 0 Å². The van der Waals surface area contributed by atoms with Gasteiger partial charge in [0.2, 0.25) is 0 Å². The van der Waals surface area contributed by atoms with Crippen LogP contribution in [-0.2, 0) is 0 Å². The fourth-order valence-electron chi connectivity index (χ4n) is 1.87. The van der Waals surface area contributed by atoms with Crippen molar-refractivity contribution in [1.82, 2.24) is 0 Å². The molecule has 72 valence electrons. The predicted molar refractivity (Wildman–Crippen MR) is 64.7 cm³/mol. The van der Waals surface area contributed by atoms with Gasteiger partial charge in [-0.05, 0) is 0 Å². The van der Waals surface area contributed by atoms with Crippen molar-refractivity contribution in [3.05, 3.63) is 59.7 Å². The van der Waals surface area contributed by atoms with E-state index < -0.39 is 0 Å². The molecule has 0 aromatic heterocycles. The summed E-state index contributed by atoms with van der Waals surface area (Å²) in [7, 11) is 0. The zero-order valence-electron chi connectivity index (χ0n) is 8.23. The fraction of sp³-hybridized carbons (Fsp3) is 0. The Morgan fingerprint density at radius 2 is 1.20 bits per heavy atom. The average molecular weight is 255 g/mol. The van der Waals surface area contributed by atoms with Crippen LogP contribution in [0.1, 0.15) is 11.1 Å². The first-order valence-corrected chi connectivity index (χ1v) is 6.40. The van der Waals surface area contributed by atoms with Crippen molar-refractivity contribution in [2.45, 2.75) is 0 Å². The van der Waals surface area contributed by atoms with Gasteiger partial charge in [0.1, 0.15) is 0 Å². The molecule has 15 heavy (non-hydrogen) atoms. The van der Waals surface area contributed by atoms with Crippen LogP contribution >= 0.6 is 0 Å². The maximum absolute atomic E-state index is 5.85. The van der Waals surface area contributed by atoms with Crippen molar-refractivity contribution in [2.75, 3.05) is 0 Å². The van der Waals surface area contributed by atoms with E-state index in [9.17, 15) is 0 Å². The molecule has 2 aromatic carbocycles. The zero-order valence-corrected chi connectivity index (χ0v) is 11.2. The molecule has 0 saturated carbocycles. The Morgan fingerprint density at radius 3 is 1.73 bits per heavy atom. The number of hydrogen-bond donors (Lipinski definition) is 0. The van der Waals surface area contributed by atoms with Crippen LogP contribution in [0.15, 0.2) is 48.5 Å². The van der Waals surface area contributed by atoms with Crippen LogP contribution in [-0.4, -0.2) is 20.4 Å². The molecule has 0 saturated heterocycles. The van der Waals surface area contributed by atoms with Crippen LogP contribution in [0.5, 0.6) is 11.5 Å². The van der Waals surface area contributed by atoms with Crippen molar-refractivity contribution in [3.63, 3.8) is 0 Å². The quantitative estimate of drug-likeness (QED) is 0.558. The molecule has 2 aromatic rings. The molecular formula is C13H10GeO. The first-order valence-electron chi connectivity index (χ1n) is 4.92. The number of hydrogen-bond acceptors (Lipinski definition) is 1. The molecule has 0 unspecified atom stereocenters. The number of para-hydroxylation sites is 2. The summed E-state index contributed by atoms with van der Waals surface area (Å²) in [5, 5.41) is 0. The number of benzene rings is 2. The Labute approximate surface area is 96.5 Å². The van der Waals surface area contributed by atoms with Crippen LogP contribution < -0.4 is 4.74 Å². The van der Waals surface area contributed by atoms with E-state index in [2.05, 4.69) is 24.3 Å². The van der Waals surface area contributed by atoms with Crippen LogP contribution in [0.4, 0.5) is 0 Å². The predicted octanol–water partition coefficient (Wildman–Crippen LogP) is 1.99. The monoisotopic (exact) mass is 256 g/mol. The van der Waals surface area contributed by atoms with Crippen molar-refractivity contribution in [3.8, 4) is 11.5 Å². The Balaban J connectivity index is 2.24. The molecule has 1 aliphatic rings. The van der Waals surface area contributed by atoms with Gasteiger partial charge in [-0.25, -0.2) is 0 Å². The molecule has 0 spiro atoms. The van der Waals surface area contributed by atoms with Gasteiger partial charge in [0.05, 0.1) is 0 Å². The summed E-state index contributed by atoms with van der Waals surface area (Å²) in [4.78, 5) is 0. The van der Waals surface area contributed by atoms with Gasteiger partial charge in [-0.2, -0.15) is 0 Å². The van der Waals surface area contributed by atoms with Gasteiger partial charge in [0.15, 0.2) is 0 Å². The second-order valence-corrected chi connectivity index (χ2v) is 5.06. The molecule has 0 radical (unpaired) electrons. The Bertz CT molecular complexity index is 498.